The summed E-state index contributed by atoms with van der Waals surface area (Å²) in [5.74, 6) is -0.761. The summed E-state index contributed by atoms with van der Waals surface area (Å²) in [4.78, 5) is 15.2. The molecular formula is C18H14ClF3N2O3. The Morgan fingerprint density at radius 3 is 2.59 bits per heavy atom. The van der Waals surface area contributed by atoms with E-state index in [2.05, 4.69) is 10.3 Å². The van der Waals surface area contributed by atoms with Gasteiger partial charge in [-0.3, -0.25) is 4.79 Å². The van der Waals surface area contributed by atoms with Gasteiger partial charge in [0.15, 0.2) is 0 Å². The van der Waals surface area contributed by atoms with E-state index in [0.717, 1.165) is 6.07 Å². The van der Waals surface area contributed by atoms with Crippen molar-refractivity contribution in [3.05, 3.63) is 64.3 Å². The van der Waals surface area contributed by atoms with Crippen molar-refractivity contribution in [2.24, 2.45) is 0 Å². The topological polar surface area (TPSA) is 85.3 Å². The van der Waals surface area contributed by atoms with E-state index in [9.17, 15) is 23.1 Å². The molecular weight excluding hydrogens is 385 g/mol. The number of aliphatic hydroxyl groups excluding tert-OH is 2. The van der Waals surface area contributed by atoms with Crippen molar-refractivity contribution < 1.29 is 28.2 Å². The molecule has 4 N–H and O–H groups in total. The monoisotopic (exact) mass is 398 g/mol. The molecule has 0 aliphatic rings. The Morgan fingerprint density at radius 1 is 1.19 bits per heavy atom. The fourth-order valence-corrected chi connectivity index (χ4v) is 2.81. The average molecular weight is 399 g/mol. The number of hydrogen-bond acceptors (Lipinski definition) is 3. The van der Waals surface area contributed by atoms with Crippen LogP contribution in [0.3, 0.4) is 0 Å². The number of hydrogen-bond donors (Lipinski definition) is 4. The zero-order chi connectivity index (χ0) is 19.8. The van der Waals surface area contributed by atoms with Gasteiger partial charge >= 0.3 is 6.18 Å². The third-order valence-electron chi connectivity index (χ3n) is 3.98. The molecule has 3 rings (SSSR count). The van der Waals surface area contributed by atoms with Crippen LogP contribution in [0.1, 0.15) is 27.7 Å². The van der Waals surface area contributed by atoms with Crippen LogP contribution in [-0.4, -0.2) is 27.7 Å². The number of carbonyl (C=O) groups is 1. The molecule has 3 aromatic rings. The second-order valence-corrected chi connectivity index (χ2v) is 6.31. The third kappa shape index (κ3) is 4.08. The Hall–Kier alpha value is -2.55. The van der Waals surface area contributed by atoms with E-state index < -0.39 is 36.0 Å². The van der Waals surface area contributed by atoms with Crippen molar-refractivity contribution in [2.45, 2.75) is 12.3 Å². The molecule has 1 aromatic heterocycles. The van der Waals surface area contributed by atoms with E-state index >= 15 is 0 Å². The number of rotatable bonds is 4. The molecule has 1 atom stereocenters. The van der Waals surface area contributed by atoms with E-state index in [0.29, 0.717) is 22.0 Å². The van der Waals surface area contributed by atoms with Gasteiger partial charge in [0.05, 0.1) is 17.9 Å². The standard InChI is InChI=1S/C18H14ClF3N2O3/c19-11-2-4-13-10(5-11)7-15(23-13)17(27)24-14-3-1-9(16(26)8-25)6-12(14)18(20,21)22/h1-7,16,23,25-26H,8H2,(H,24,27). The molecule has 5 nitrogen and oxygen atoms in total. The molecule has 9 heteroatoms. The SMILES string of the molecule is O=C(Nc1ccc(C(O)CO)cc1C(F)(F)F)c1cc2cc(Cl)ccc2[nH]1. The molecule has 0 bridgehead atoms. The zero-order valence-corrected chi connectivity index (χ0v) is 14.4. The van der Waals surface area contributed by atoms with Crippen LogP contribution in [0, 0.1) is 0 Å². The number of aromatic amines is 1. The predicted molar refractivity (Wildman–Crippen MR) is 94.8 cm³/mol. The lowest BCUT2D eigenvalue weighted by atomic mass is 10.0. The fourth-order valence-electron chi connectivity index (χ4n) is 2.63. The van der Waals surface area contributed by atoms with E-state index in [1.807, 2.05) is 0 Å². The van der Waals surface area contributed by atoms with E-state index in [4.69, 9.17) is 16.7 Å². The molecule has 0 spiro atoms. The number of halogens is 4. The van der Waals surface area contributed by atoms with Gasteiger partial charge in [0, 0.05) is 15.9 Å². The number of carbonyl (C=O) groups excluding carboxylic acids is 1. The van der Waals surface area contributed by atoms with Crippen LogP contribution in [0.25, 0.3) is 10.9 Å². The van der Waals surface area contributed by atoms with Crippen molar-refractivity contribution in [3.63, 3.8) is 0 Å². The van der Waals surface area contributed by atoms with Crippen LogP contribution < -0.4 is 5.32 Å². The molecule has 2 aromatic carbocycles. The maximum atomic E-state index is 13.3. The molecule has 0 saturated heterocycles. The maximum absolute atomic E-state index is 13.3. The number of alkyl halides is 3. The van der Waals surface area contributed by atoms with Crippen molar-refractivity contribution in [1.82, 2.24) is 4.98 Å². The minimum absolute atomic E-state index is 0.0693. The van der Waals surface area contributed by atoms with E-state index in [-0.39, 0.29) is 11.3 Å². The highest BCUT2D eigenvalue weighted by atomic mass is 35.5. The molecule has 1 heterocycles. The van der Waals surface area contributed by atoms with Crippen molar-refractivity contribution in [2.75, 3.05) is 11.9 Å². The smallest absolute Gasteiger partial charge is 0.393 e. The van der Waals surface area contributed by atoms with Gasteiger partial charge in [-0.15, -0.1) is 0 Å². The lowest BCUT2D eigenvalue weighted by Gasteiger charge is -2.16. The molecule has 27 heavy (non-hydrogen) atoms. The van der Waals surface area contributed by atoms with E-state index in [1.165, 1.54) is 12.1 Å². The zero-order valence-electron chi connectivity index (χ0n) is 13.6. The summed E-state index contributed by atoms with van der Waals surface area (Å²) in [6.07, 6.45) is -6.21. The predicted octanol–water partition coefficient (Wildman–Crippen LogP) is 4.12. The lowest BCUT2D eigenvalue weighted by Crippen LogP contribution is -2.18. The lowest BCUT2D eigenvalue weighted by molar-refractivity contribution is -0.137. The first-order valence-corrected chi connectivity index (χ1v) is 8.16. The highest BCUT2D eigenvalue weighted by molar-refractivity contribution is 6.31. The van der Waals surface area contributed by atoms with Crippen molar-refractivity contribution in [3.8, 4) is 0 Å². The minimum atomic E-state index is -4.76. The number of aliphatic hydroxyl groups is 2. The van der Waals surface area contributed by atoms with Crippen LogP contribution >= 0.6 is 11.6 Å². The van der Waals surface area contributed by atoms with Gasteiger partial charge in [-0.05, 0) is 42.0 Å². The van der Waals surface area contributed by atoms with Crippen molar-refractivity contribution >= 4 is 34.1 Å². The number of aromatic nitrogens is 1. The first kappa shape index (κ1) is 19.2. The van der Waals surface area contributed by atoms with Crippen LogP contribution in [0.15, 0.2) is 42.5 Å². The largest absolute Gasteiger partial charge is 0.418 e. The molecule has 0 fully saturated rings. The number of amides is 1. The highest BCUT2D eigenvalue weighted by Crippen LogP contribution is 2.36. The Bertz CT molecular complexity index is 1000. The molecule has 0 aliphatic carbocycles. The summed E-state index contributed by atoms with van der Waals surface area (Å²) in [5, 5.41) is 21.8. The second kappa shape index (κ2) is 7.22. The molecule has 0 aliphatic heterocycles. The van der Waals surface area contributed by atoms with Gasteiger partial charge in [-0.2, -0.15) is 13.2 Å². The summed E-state index contributed by atoms with van der Waals surface area (Å²) >= 11 is 5.88. The number of H-pyrrole nitrogens is 1. The summed E-state index contributed by atoms with van der Waals surface area (Å²) in [6, 6.07) is 9.31. The number of anilines is 1. The van der Waals surface area contributed by atoms with Gasteiger partial charge in [-0.1, -0.05) is 17.7 Å². The summed E-state index contributed by atoms with van der Waals surface area (Å²) in [6.45, 7) is -0.722. The Kier molecular flexibility index (Phi) is 5.14. The van der Waals surface area contributed by atoms with E-state index in [1.54, 1.807) is 18.2 Å². The molecule has 1 amide bonds. The Morgan fingerprint density at radius 2 is 1.93 bits per heavy atom. The van der Waals surface area contributed by atoms with Gasteiger partial charge in [0.2, 0.25) is 0 Å². The van der Waals surface area contributed by atoms with Gasteiger partial charge in [-0.25, -0.2) is 0 Å². The summed E-state index contributed by atoms with van der Waals surface area (Å²) in [5.41, 5.74) is -1.01. The number of nitrogens with one attached hydrogen (secondary N) is 2. The van der Waals surface area contributed by atoms with Crippen LogP contribution in [0.5, 0.6) is 0 Å². The van der Waals surface area contributed by atoms with Gasteiger partial charge in [0.25, 0.3) is 5.91 Å². The quantitative estimate of drug-likeness (QED) is 0.533. The Labute approximate surface area is 156 Å². The Balaban J connectivity index is 1.94. The maximum Gasteiger partial charge on any atom is 0.418 e. The van der Waals surface area contributed by atoms with Crippen LogP contribution in [0.4, 0.5) is 18.9 Å². The highest BCUT2D eigenvalue weighted by Gasteiger charge is 2.35. The summed E-state index contributed by atoms with van der Waals surface area (Å²) in [7, 11) is 0. The van der Waals surface area contributed by atoms with Crippen molar-refractivity contribution in [1.29, 1.82) is 0 Å². The minimum Gasteiger partial charge on any atom is -0.393 e. The molecule has 0 radical (unpaired) electrons. The number of benzene rings is 2. The van der Waals surface area contributed by atoms with Gasteiger partial charge < -0.3 is 20.5 Å². The third-order valence-corrected chi connectivity index (χ3v) is 4.22. The molecule has 1 unspecified atom stereocenters. The molecule has 0 saturated carbocycles. The normalized spacial score (nSPS) is 13.0. The second-order valence-electron chi connectivity index (χ2n) is 5.87. The molecule has 142 valence electrons. The first-order valence-electron chi connectivity index (χ1n) is 7.78. The van der Waals surface area contributed by atoms with Crippen LogP contribution in [0.2, 0.25) is 5.02 Å². The summed E-state index contributed by atoms with van der Waals surface area (Å²) < 4.78 is 40.0. The van der Waals surface area contributed by atoms with Crippen LogP contribution in [-0.2, 0) is 6.18 Å². The number of fused-ring (bicyclic) bond motifs is 1. The average Bonchev–Trinajstić information content (AvgIpc) is 3.03. The first-order chi connectivity index (χ1) is 12.7. The van der Waals surface area contributed by atoms with Gasteiger partial charge in [0.1, 0.15) is 11.8 Å². The fraction of sp³-hybridized carbons (Fsp3) is 0.167.